The molecule has 0 aliphatic carbocycles. The fourth-order valence-electron chi connectivity index (χ4n) is 0.427. The Balaban J connectivity index is 4.18. The molecule has 0 aromatic heterocycles. The van der Waals surface area contributed by atoms with Gasteiger partial charge in [0.25, 0.3) is 0 Å². The molecule has 11 heavy (non-hydrogen) atoms. The Labute approximate surface area is 61.6 Å². The zero-order valence-corrected chi connectivity index (χ0v) is 5.81. The van der Waals surface area contributed by atoms with Gasteiger partial charge in [0.1, 0.15) is 0 Å². The number of alkyl halides is 3. The summed E-state index contributed by atoms with van der Waals surface area (Å²) in [5.74, 6) is -0.979. The summed E-state index contributed by atoms with van der Waals surface area (Å²) in [6.45, 7) is 3.79. The first kappa shape index (κ1) is 10.0. The van der Waals surface area contributed by atoms with E-state index in [1.54, 1.807) is 0 Å². The van der Waals surface area contributed by atoms with Gasteiger partial charge in [-0.05, 0) is 6.08 Å². The molecular weight excluding hydrogens is 161 g/mol. The van der Waals surface area contributed by atoms with Crippen molar-refractivity contribution >= 4 is 5.97 Å². The van der Waals surface area contributed by atoms with Crippen LogP contribution in [0.5, 0.6) is 0 Å². The van der Waals surface area contributed by atoms with E-state index in [0.29, 0.717) is 6.08 Å². The highest BCUT2D eigenvalue weighted by Crippen LogP contribution is 2.23. The van der Waals surface area contributed by atoms with Gasteiger partial charge in [-0.2, -0.15) is 13.2 Å². The highest BCUT2D eigenvalue weighted by atomic mass is 19.4. The summed E-state index contributed by atoms with van der Waals surface area (Å²) in [5.41, 5.74) is 0. The highest BCUT2D eigenvalue weighted by Gasteiger charge is 2.40. The molecule has 0 radical (unpaired) electrons. The molecule has 0 rings (SSSR count). The van der Waals surface area contributed by atoms with Crippen molar-refractivity contribution < 1.29 is 22.7 Å². The number of halogens is 3. The van der Waals surface area contributed by atoms with Crippen LogP contribution >= 0.6 is 0 Å². The van der Waals surface area contributed by atoms with Crippen LogP contribution in [0.15, 0.2) is 12.7 Å². The zero-order valence-electron chi connectivity index (χ0n) is 5.81. The normalized spacial score (nSPS) is 13.8. The van der Waals surface area contributed by atoms with E-state index in [4.69, 9.17) is 0 Å². The summed E-state index contributed by atoms with van der Waals surface area (Å²) in [7, 11) is 0. The van der Waals surface area contributed by atoms with E-state index >= 15 is 0 Å². The average Bonchev–Trinajstić information content (AvgIpc) is 1.79. The minimum atomic E-state index is -4.56. The lowest BCUT2D eigenvalue weighted by Crippen LogP contribution is -2.30. The molecule has 0 aliphatic rings. The molecular formula is C6H7F3O2. The molecule has 1 atom stereocenters. The molecule has 0 aliphatic heterocycles. The lowest BCUT2D eigenvalue weighted by Gasteiger charge is -2.15. The Kier molecular flexibility index (Phi) is 3.10. The molecule has 0 heterocycles. The summed E-state index contributed by atoms with van der Waals surface area (Å²) in [4.78, 5) is 10.1. The second kappa shape index (κ2) is 3.41. The lowest BCUT2D eigenvalue weighted by atomic mass is 10.3. The first-order chi connectivity index (χ1) is 4.88. The molecule has 5 heteroatoms. The van der Waals surface area contributed by atoms with Gasteiger partial charge in [0.05, 0.1) is 0 Å². The molecule has 0 spiro atoms. The number of rotatable bonds is 2. The average molecular weight is 168 g/mol. The molecule has 0 aromatic rings. The van der Waals surface area contributed by atoms with Crippen LogP contribution in [0.3, 0.4) is 0 Å². The van der Waals surface area contributed by atoms with E-state index in [2.05, 4.69) is 11.3 Å². The second-order valence-corrected chi connectivity index (χ2v) is 1.81. The minimum Gasteiger partial charge on any atom is -0.449 e. The van der Waals surface area contributed by atoms with Crippen LogP contribution in [0.2, 0.25) is 0 Å². The first-order valence-electron chi connectivity index (χ1n) is 2.74. The van der Waals surface area contributed by atoms with Gasteiger partial charge >= 0.3 is 12.1 Å². The monoisotopic (exact) mass is 168 g/mol. The molecule has 0 N–H and O–H groups in total. The van der Waals surface area contributed by atoms with Crippen molar-refractivity contribution in [2.75, 3.05) is 0 Å². The van der Waals surface area contributed by atoms with Gasteiger partial charge in [-0.25, -0.2) is 0 Å². The van der Waals surface area contributed by atoms with Crippen molar-refractivity contribution in [3.8, 4) is 0 Å². The molecule has 0 aromatic carbocycles. The van der Waals surface area contributed by atoms with Gasteiger partial charge in [-0.3, -0.25) is 4.79 Å². The van der Waals surface area contributed by atoms with Crippen LogP contribution in [0.4, 0.5) is 13.2 Å². The lowest BCUT2D eigenvalue weighted by molar-refractivity contribution is -0.206. The van der Waals surface area contributed by atoms with E-state index < -0.39 is 18.2 Å². The van der Waals surface area contributed by atoms with E-state index in [9.17, 15) is 18.0 Å². The molecule has 0 amide bonds. The van der Waals surface area contributed by atoms with Crippen molar-refractivity contribution in [2.24, 2.45) is 0 Å². The molecule has 0 fully saturated rings. The molecule has 0 saturated carbocycles. The first-order valence-corrected chi connectivity index (χ1v) is 2.74. The fourth-order valence-corrected chi connectivity index (χ4v) is 0.427. The smallest absolute Gasteiger partial charge is 0.429 e. The van der Waals surface area contributed by atoms with E-state index in [-0.39, 0.29) is 0 Å². The number of hydrogen-bond acceptors (Lipinski definition) is 2. The van der Waals surface area contributed by atoms with Gasteiger partial charge < -0.3 is 4.74 Å². The third kappa shape index (κ3) is 3.64. The number of ether oxygens (including phenoxy) is 1. The van der Waals surface area contributed by atoms with Gasteiger partial charge in [-0.15, -0.1) is 0 Å². The van der Waals surface area contributed by atoms with Crippen molar-refractivity contribution in [3.05, 3.63) is 12.7 Å². The van der Waals surface area contributed by atoms with Crippen LogP contribution in [-0.2, 0) is 9.53 Å². The number of esters is 1. The van der Waals surface area contributed by atoms with Crippen LogP contribution in [-0.4, -0.2) is 18.2 Å². The van der Waals surface area contributed by atoms with Crippen molar-refractivity contribution in [3.63, 3.8) is 0 Å². The Morgan fingerprint density at radius 1 is 1.64 bits per heavy atom. The topological polar surface area (TPSA) is 26.3 Å². The highest BCUT2D eigenvalue weighted by molar-refractivity contribution is 5.66. The summed E-state index contributed by atoms with van der Waals surface area (Å²) in [6.07, 6.45) is -6.23. The largest absolute Gasteiger partial charge is 0.449 e. The zero-order chi connectivity index (χ0) is 9.07. The third-order valence-corrected chi connectivity index (χ3v) is 0.830. The minimum absolute atomic E-state index is 0.529. The molecule has 0 saturated heterocycles. The van der Waals surface area contributed by atoms with E-state index in [1.165, 1.54) is 0 Å². The van der Waals surface area contributed by atoms with Crippen molar-refractivity contribution in [2.45, 2.75) is 19.2 Å². The predicted octanol–water partition coefficient (Wildman–Crippen LogP) is 1.67. The Bertz CT molecular complexity index is 162. The van der Waals surface area contributed by atoms with Gasteiger partial charge in [-0.1, -0.05) is 6.58 Å². The van der Waals surface area contributed by atoms with Crippen LogP contribution < -0.4 is 0 Å². The summed E-state index contributed by atoms with van der Waals surface area (Å²) >= 11 is 0. The standard InChI is InChI=1S/C6H7F3O2/c1-3-5(6(7,8)9)11-4(2)10/h3,5H,1H2,2H3. The molecule has 0 bridgehead atoms. The third-order valence-electron chi connectivity index (χ3n) is 0.830. The van der Waals surface area contributed by atoms with E-state index in [1.807, 2.05) is 0 Å². The SMILES string of the molecule is C=CC(OC(C)=O)C(F)(F)F. The summed E-state index contributed by atoms with van der Waals surface area (Å²) < 4.78 is 39.1. The van der Waals surface area contributed by atoms with Gasteiger partial charge in [0.15, 0.2) is 0 Å². The van der Waals surface area contributed by atoms with Gasteiger partial charge in [0.2, 0.25) is 6.10 Å². The Morgan fingerprint density at radius 2 is 2.09 bits per heavy atom. The predicted molar refractivity (Wildman–Crippen MR) is 31.8 cm³/mol. The second-order valence-electron chi connectivity index (χ2n) is 1.81. The van der Waals surface area contributed by atoms with E-state index in [0.717, 1.165) is 6.92 Å². The maximum absolute atomic E-state index is 11.7. The maximum Gasteiger partial charge on any atom is 0.429 e. The maximum atomic E-state index is 11.7. The Morgan fingerprint density at radius 3 is 2.18 bits per heavy atom. The number of carbonyl (C=O) groups is 1. The molecule has 2 nitrogen and oxygen atoms in total. The van der Waals surface area contributed by atoms with Gasteiger partial charge in [0, 0.05) is 6.92 Å². The van der Waals surface area contributed by atoms with Crippen molar-refractivity contribution in [1.82, 2.24) is 0 Å². The number of hydrogen-bond donors (Lipinski definition) is 0. The summed E-state index contributed by atoms with van der Waals surface area (Å²) in [5, 5.41) is 0. The van der Waals surface area contributed by atoms with Crippen LogP contribution in [0.1, 0.15) is 6.92 Å². The fraction of sp³-hybridized carbons (Fsp3) is 0.500. The number of carbonyl (C=O) groups excluding carboxylic acids is 1. The van der Waals surface area contributed by atoms with Crippen LogP contribution in [0.25, 0.3) is 0 Å². The quantitative estimate of drug-likeness (QED) is 0.463. The van der Waals surface area contributed by atoms with Crippen molar-refractivity contribution in [1.29, 1.82) is 0 Å². The summed E-state index contributed by atoms with van der Waals surface area (Å²) in [6, 6.07) is 0. The molecule has 64 valence electrons. The molecule has 1 unspecified atom stereocenters. The Hall–Kier alpha value is -1.00. The van der Waals surface area contributed by atoms with Crippen LogP contribution in [0, 0.1) is 0 Å².